The van der Waals surface area contributed by atoms with Crippen molar-refractivity contribution in [3.63, 3.8) is 0 Å². The van der Waals surface area contributed by atoms with Crippen LogP contribution >= 0.6 is 0 Å². The molecule has 0 radical (unpaired) electrons. The van der Waals surface area contributed by atoms with E-state index in [-0.39, 0.29) is 31.4 Å². The van der Waals surface area contributed by atoms with Crippen molar-refractivity contribution in [2.45, 2.75) is 31.2 Å². The van der Waals surface area contributed by atoms with E-state index in [0.29, 0.717) is 24.5 Å². The van der Waals surface area contributed by atoms with Gasteiger partial charge in [-0.05, 0) is 49.6 Å². The number of carbonyl (C=O) groups is 1. The van der Waals surface area contributed by atoms with Gasteiger partial charge >= 0.3 is 0 Å². The highest BCUT2D eigenvalue weighted by atomic mass is 32.2. The fraction of sp³-hybridized carbons (Fsp3) is 0.350. The molecule has 2 aromatic rings. The maximum atomic E-state index is 14.0. The quantitative estimate of drug-likeness (QED) is 0.799. The summed E-state index contributed by atoms with van der Waals surface area (Å²) in [6, 6.07) is 7.96. The zero-order valence-corrected chi connectivity index (χ0v) is 16.6. The van der Waals surface area contributed by atoms with Gasteiger partial charge in [0.2, 0.25) is 15.9 Å². The normalized spacial score (nSPS) is 20.4. The van der Waals surface area contributed by atoms with E-state index < -0.39 is 32.0 Å². The minimum atomic E-state index is -4.22. The zero-order valence-electron chi connectivity index (χ0n) is 15.8. The lowest BCUT2D eigenvalue weighted by molar-refractivity contribution is -0.132. The van der Waals surface area contributed by atoms with Gasteiger partial charge < -0.3 is 5.32 Å². The molecule has 0 bridgehead atoms. The Morgan fingerprint density at radius 1 is 1.10 bits per heavy atom. The first kappa shape index (κ1) is 21.3. The third-order valence-corrected chi connectivity index (χ3v) is 6.97. The van der Waals surface area contributed by atoms with E-state index in [9.17, 15) is 26.4 Å². The van der Waals surface area contributed by atoms with Crippen LogP contribution in [0.4, 0.5) is 13.2 Å². The molecule has 1 amide bonds. The van der Waals surface area contributed by atoms with Crippen LogP contribution in [0, 0.1) is 22.9 Å². The van der Waals surface area contributed by atoms with Crippen molar-refractivity contribution in [2.75, 3.05) is 13.1 Å². The highest BCUT2D eigenvalue weighted by Crippen LogP contribution is 2.33. The van der Waals surface area contributed by atoms with Gasteiger partial charge in [-0.25, -0.2) is 21.6 Å². The van der Waals surface area contributed by atoms with Crippen LogP contribution in [0.5, 0.6) is 0 Å². The van der Waals surface area contributed by atoms with Crippen LogP contribution in [0.3, 0.4) is 0 Å². The molecule has 1 N–H and O–H groups in total. The van der Waals surface area contributed by atoms with Crippen LogP contribution in [0.2, 0.25) is 0 Å². The van der Waals surface area contributed by atoms with Crippen LogP contribution in [-0.4, -0.2) is 31.7 Å². The SMILES string of the molecule is C[C@]1(C(=O)NCc2ccc(F)cc2)CCCN(S(=O)(=O)c2ccc(F)cc2F)C1. The van der Waals surface area contributed by atoms with Gasteiger partial charge in [0.25, 0.3) is 0 Å². The Morgan fingerprint density at radius 2 is 1.76 bits per heavy atom. The third kappa shape index (κ3) is 4.62. The van der Waals surface area contributed by atoms with Crippen molar-refractivity contribution in [1.82, 2.24) is 9.62 Å². The topological polar surface area (TPSA) is 66.5 Å². The number of hydrogen-bond acceptors (Lipinski definition) is 3. The molecule has 1 aliphatic rings. The Kier molecular flexibility index (Phi) is 6.00. The van der Waals surface area contributed by atoms with Gasteiger partial charge in [0.15, 0.2) is 0 Å². The Hall–Kier alpha value is -2.39. The summed E-state index contributed by atoms with van der Waals surface area (Å²) in [4.78, 5) is 12.1. The smallest absolute Gasteiger partial charge is 0.246 e. The van der Waals surface area contributed by atoms with Gasteiger partial charge in [0.05, 0.1) is 5.41 Å². The predicted octanol–water partition coefficient (Wildman–Crippen LogP) is 3.21. The summed E-state index contributed by atoms with van der Waals surface area (Å²) in [5, 5.41) is 2.75. The number of nitrogens with one attached hydrogen (secondary N) is 1. The van der Waals surface area contributed by atoms with Crippen LogP contribution in [0.25, 0.3) is 0 Å². The number of hydrogen-bond donors (Lipinski definition) is 1. The molecular weight excluding hydrogens is 405 g/mol. The minimum absolute atomic E-state index is 0.124. The molecule has 1 fully saturated rings. The molecule has 5 nitrogen and oxygen atoms in total. The number of amides is 1. The number of sulfonamides is 1. The van der Waals surface area contributed by atoms with Gasteiger partial charge in [-0.1, -0.05) is 12.1 Å². The summed E-state index contributed by atoms with van der Waals surface area (Å²) in [5.41, 5.74) is -0.306. The van der Waals surface area contributed by atoms with E-state index in [1.54, 1.807) is 19.1 Å². The van der Waals surface area contributed by atoms with E-state index in [1.807, 2.05) is 0 Å². The summed E-state index contributed by atoms with van der Waals surface area (Å²) in [7, 11) is -4.22. The van der Waals surface area contributed by atoms with E-state index in [4.69, 9.17) is 0 Å². The Balaban J connectivity index is 1.74. The molecule has 0 aromatic heterocycles. The van der Waals surface area contributed by atoms with E-state index in [0.717, 1.165) is 16.4 Å². The second-order valence-corrected chi connectivity index (χ2v) is 9.29. The maximum Gasteiger partial charge on any atom is 0.246 e. The zero-order chi connectivity index (χ0) is 21.2. The largest absolute Gasteiger partial charge is 0.352 e. The lowest BCUT2D eigenvalue weighted by Crippen LogP contribution is -2.51. The highest BCUT2D eigenvalue weighted by Gasteiger charge is 2.42. The molecule has 156 valence electrons. The van der Waals surface area contributed by atoms with Gasteiger partial charge in [-0.15, -0.1) is 0 Å². The molecule has 3 rings (SSSR count). The first-order valence-electron chi connectivity index (χ1n) is 9.10. The summed E-state index contributed by atoms with van der Waals surface area (Å²) in [5.74, 6) is -2.77. The number of halogens is 3. The summed E-state index contributed by atoms with van der Waals surface area (Å²) in [6.45, 7) is 1.84. The van der Waals surface area contributed by atoms with Gasteiger partial charge in [-0.2, -0.15) is 4.31 Å². The Morgan fingerprint density at radius 3 is 2.41 bits per heavy atom. The van der Waals surface area contributed by atoms with Crippen molar-refractivity contribution in [2.24, 2.45) is 5.41 Å². The average molecular weight is 426 g/mol. The van der Waals surface area contributed by atoms with Gasteiger partial charge in [0, 0.05) is 25.7 Å². The number of carbonyl (C=O) groups excluding carboxylic acids is 1. The van der Waals surface area contributed by atoms with Crippen molar-refractivity contribution in [3.05, 3.63) is 65.5 Å². The molecule has 1 aliphatic heterocycles. The minimum Gasteiger partial charge on any atom is -0.352 e. The molecule has 9 heteroatoms. The molecule has 0 spiro atoms. The number of nitrogens with zero attached hydrogens (tertiary/aromatic N) is 1. The van der Waals surface area contributed by atoms with Gasteiger partial charge in [-0.3, -0.25) is 4.79 Å². The molecular formula is C20H21F3N2O3S. The first-order chi connectivity index (χ1) is 13.6. The molecule has 29 heavy (non-hydrogen) atoms. The van der Waals surface area contributed by atoms with E-state index >= 15 is 0 Å². The third-order valence-electron chi connectivity index (χ3n) is 5.09. The maximum absolute atomic E-state index is 14.0. The predicted molar refractivity (Wildman–Crippen MR) is 101 cm³/mol. The molecule has 0 saturated carbocycles. The molecule has 0 aliphatic carbocycles. The summed E-state index contributed by atoms with van der Waals surface area (Å²) >= 11 is 0. The standard InChI is InChI=1S/C20H21F3N2O3S/c1-20(19(26)24-12-14-3-5-15(21)6-4-14)9-2-10-25(13-20)29(27,28)18-8-7-16(22)11-17(18)23/h3-8,11H,2,9-10,12-13H2,1H3,(H,24,26)/t20-/m0/s1. The molecule has 1 saturated heterocycles. The highest BCUT2D eigenvalue weighted by molar-refractivity contribution is 7.89. The van der Waals surface area contributed by atoms with Crippen LogP contribution < -0.4 is 5.32 Å². The van der Waals surface area contributed by atoms with Crippen LogP contribution in [0.15, 0.2) is 47.4 Å². The fourth-order valence-electron chi connectivity index (χ4n) is 3.40. The van der Waals surface area contributed by atoms with Crippen molar-refractivity contribution < 1.29 is 26.4 Å². The molecule has 1 heterocycles. The van der Waals surface area contributed by atoms with E-state index in [1.165, 1.54) is 12.1 Å². The van der Waals surface area contributed by atoms with Crippen molar-refractivity contribution in [3.8, 4) is 0 Å². The number of piperidine rings is 1. The lowest BCUT2D eigenvalue weighted by Gasteiger charge is -2.38. The molecule has 1 atom stereocenters. The van der Waals surface area contributed by atoms with Crippen molar-refractivity contribution >= 4 is 15.9 Å². The summed E-state index contributed by atoms with van der Waals surface area (Å²) in [6.07, 6.45) is 0.878. The number of benzene rings is 2. The first-order valence-corrected chi connectivity index (χ1v) is 10.5. The molecule has 0 unspecified atom stereocenters. The van der Waals surface area contributed by atoms with E-state index in [2.05, 4.69) is 5.32 Å². The average Bonchev–Trinajstić information content (AvgIpc) is 2.67. The van der Waals surface area contributed by atoms with Gasteiger partial charge in [0.1, 0.15) is 22.3 Å². The Bertz CT molecular complexity index is 1010. The molecule has 2 aromatic carbocycles. The van der Waals surface area contributed by atoms with Crippen molar-refractivity contribution in [1.29, 1.82) is 0 Å². The number of rotatable bonds is 5. The lowest BCUT2D eigenvalue weighted by atomic mass is 9.82. The van der Waals surface area contributed by atoms with Crippen LogP contribution in [-0.2, 0) is 21.4 Å². The second-order valence-electron chi connectivity index (χ2n) is 7.39. The summed E-state index contributed by atoms with van der Waals surface area (Å²) < 4.78 is 66.9. The monoisotopic (exact) mass is 426 g/mol. The second kappa shape index (κ2) is 8.16. The van der Waals surface area contributed by atoms with Crippen LogP contribution in [0.1, 0.15) is 25.3 Å². The Labute approximate surface area is 167 Å². The fourth-order valence-corrected chi connectivity index (χ4v) is 5.05.